The van der Waals surface area contributed by atoms with E-state index in [0.717, 1.165) is 0 Å². The largest absolute Gasteiger partial charge is 0.481 e. The van der Waals surface area contributed by atoms with Crippen molar-refractivity contribution < 1.29 is 14.7 Å². The van der Waals surface area contributed by atoms with Crippen LogP contribution in [-0.2, 0) is 9.59 Å². The number of hydrogen-bond acceptors (Lipinski definition) is 3. The van der Waals surface area contributed by atoms with Gasteiger partial charge in [0.2, 0.25) is 0 Å². The minimum atomic E-state index is -0.961. The average molecular weight is 133 g/mol. The van der Waals surface area contributed by atoms with Crippen molar-refractivity contribution in [3.63, 3.8) is 0 Å². The first-order chi connectivity index (χ1) is 4.16. The van der Waals surface area contributed by atoms with Crippen molar-refractivity contribution in [2.45, 2.75) is 12.8 Å². The number of carboxylic acid groups (broad SMARTS) is 1. The van der Waals surface area contributed by atoms with E-state index < -0.39 is 5.97 Å². The Morgan fingerprint density at radius 2 is 1.89 bits per heavy atom. The SMILES string of the molecule is N[13CH2]C(=O)CC[13C](=O)O. The molecule has 4 nitrogen and oxygen atoms in total. The van der Waals surface area contributed by atoms with Crippen LogP contribution in [-0.4, -0.2) is 23.4 Å². The molecular weight excluding hydrogens is 124 g/mol. The predicted molar refractivity (Wildman–Crippen MR) is 30.9 cm³/mol. The summed E-state index contributed by atoms with van der Waals surface area (Å²) in [5.41, 5.74) is 4.92. The molecule has 0 aromatic carbocycles. The van der Waals surface area contributed by atoms with Crippen molar-refractivity contribution >= 4 is 11.8 Å². The summed E-state index contributed by atoms with van der Waals surface area (Å²) in [6.07, 6.45) is -0.0676. The van der Waals surface area contributed by atoms with Crippen LogP contribution in [0.15, 0.2) is 0 Å². The molecule has 0 saturated heterocycles. The summed E-state index contributed by atoms with van der Waals surface area (Å²) >= 11 is 0. The lowest BCUT2D eigenvalue weighted by Crippen LogP contribution is -2.14. The maximum absolute atomic E-state index is 10.3. The summed E-state index contributed by atoms with van der Waals surface area (Å²) < 4.78 is 0. The van der Waals surface area contributed by atoms with Crippen LogP contribution in [0.1, 0.15) is 12.8 Å². The van der Waals surface area contributed by atoms with Crippen LogP contribution in [0, 0.1) is 0 Å². The molecule has 0 unspecified atom stereocenters. The van der Waals surface area contributed by atoms with Gasteiger partial charge in [-0.2, -0.15) is 0 Å². The van der Waals surface area contributed by atoms with E-state index in [9.17, 15) is 9.59 Å². The fourth-order valence-electron chi connectivity index (χ4n) is 0.348. The highest BCUT2D eigenvalue weighted by molar-refractivity contribution is 5.83. The van der Waals surface area contributed by atoms with Gasteiger partial charge in [-0.15, -0.1) is 0 Å². The van der Waals surface area contributed by atoms with E-state index in [1.807, 2.05) is 0 Å². The number of aliphatic carboxylic acids is 1. The Bertz CT molecular complexity index is 121. The summed E-state index contributed by atoms with van der Waals surface area (Å²) in [5, 5.41) is 8.06. The zero-order valence-electron chi connectivity index (χ0n) is 4.96. The standard InChI is InChI=1S/C5H9NO3/c6-3-4(7)1-2-5(8)9/h1-3,6H2,(H,8,9)/i3+1,5+1. The first kappa shape index (κ1) is 8.10. The minimum absolute atomic E-state index is 0.0475. The normalized spacial score (nSPS) is 9.00. The van der Waals surface area contributed by atoms with Crippen molar-refractivity contribution in [1.29, 1.82) is 0 Å². The molecule has 9 heavy (non-hydrogen) atoms. The molecule has 0 spiro atoms. The molecule has 0 saturated carbocycles. The molecule has 0 aliphatic rings. The third kappa shape index (κ3) is 4.96. The summed E-state index contributed by atoms with van der Waals surface area (Å²) in [6.45, 7) is -0.0622. The van der Waals surface area contributed by atoms with Gasteiger partial charge in [-0.05, 0) is 0 Å². The zero-order valence-corrected chi connectivity index (χ0v) is 4.96. The molecule has 3 N–H and O–H groups in total. The van der Waals surface area contributed by atoms with Crippen molar-refractivity contribution in [1.82, 2.24) is 0 Å². The van der Waals surface area contributed by atoms with Crippen LogP contribution in [0.4, 0.5) is 0 Å². The number of ketones is 1. The van der Waals surface area contributed by atoms with E-state index in [-0.39, 0.29) is 25.2 Å². The number of carboxylic acids is 1. The Morgan fingerprint density at radius 1 is 1.33 bits per heavy atom. The van der Waals surface area contributed by atoms with Gasteiger partial charge in [0.25, 0.3) is 0 Å². The minimum Gasteiger partial charge on any atom is -0.481 e. The van der Waals surface area contributed by atoms with Gasteiger partial charge in [0, 0.05) is 6.42 Å². The predicted octanol–water partition coefficient (Wildman–Crippen LogP) is -0.621. The number of carbonyl (C=O) groups excluding carboxylic acids is 1. The number of carbonyl (C=O) groups is 2. The van der Waals surface area contributed by atoms with Gasteiger partial charge < -0.3 is 10.8 Å². The smallest absolute Gasteiger partial charge is 0.303 e. The number of nitrogens with two attached hydrogens (primary N) is 1. The van der Waals surface area contributed by atoms with Crippen molar-refractivity contribution in [2.75, 3.05) is 6.54 Å². The van der Waals surface area contributed by atoms with Crippen LogP contribution in [0.5, 0.6) is 0 Å². The van der Waals surface area contributed by atoms with Crippen LogP contribution >= 0.6 is 0 Å². The molecule has 0 heterocycles. The lowest BCUT2D eigenvalue weighted by atomic mass is 10.3. The van der Waals surface area contributed by atoms with E-state index in [2.05, 4.69) is 0 Å². The van der Waals surface area contributed by atoms with E-state index in [4.69, 9.17) is 10.8 Å². The van der Waals surface area contributed by atoms with E-state index >= 15 is 0 Å². The lowest BCUT2D eigenvalue weighted by molar-refractivity contribution is -0.138. The third-order valence-corrected chi connectivity index (χ3v) is 0.845. The molecule has 0 radical (unpaired) electrons. The Hall–Kier alpha value is -0.900. The quantitative estimate of drug-likeness (QED) is 0.501. The van der Waals surface area contributed by atoms with Crippen molar-refractivity contribution in [2.24, 2.45) is 5.73 Å². The van der Waals surface area contributed by atoms with E-state index in [0.29, 0.717) is 0 Å². The van der Waals surface area contributed by atoms with Gasteiger partial charge >= 0.3 is 5.97 Å². The third-order valence-electron chi connectivity index (χ3n) is 0.845. The molecule has 0 rings (SSSR count). The summed E-state index contributed by atoms with van der Waals surface area (Å²) in [6, 6.07) is 0. The van der Waals surface area contributed by atoms with E-state index in [1.54, 1.807) is 0 Å². The maximum Gasteiger partial charge on any atom is 0.303 e. The van der Waals surface area contributed by atoms with Gasteiger partial charge in [-0.25, -0.2) is 0 Å². The van der Waals surface area contributed by atoms with Crippen molar-refractivity contribution in [3.05, 3.63) is 0 Å². The van der Waals surface area contributed by atoms with Gasteiger partial charge in [-0.3, -0.25) is 9.59 Å². The Morgan fingerprint density at radius 3 is 2.22 bits per heavy atom. The zero-order chi connectivity index (χ0) is 7.28. The van der Waals surface area contributed by atoms with Crippen LogP contribution < -0.4 is 5.73 Å². The van der Waals surface area contributed by atoms with Gasteiger partial charge in [-0.1, -0.05) is 0 Å². The highest BCUT2D eigenvalue weighted by atomic mass is 16.5. The summed E-state index contributed by atoms with van der Waals surface area (Å²) in [5.74, 6) is -1.17. The first-order valence-corrected chi connectivity index (χ1v) is 2.60. The molecule has 0 aromatic heterocycles. The highest BCUT2D eigenvalue weighted by Crippen LogP contribution is 1.87. The fraction of sp³-hybridized carbons (Fsp3) is 0.600. The Labute approximate surface area is 52.7 Å². The number of rotatable bonds is 4. The second-order valence-corrected chi connectivity index (χ2v) is 1.64. The van der Waals surface area contributed by atoms with Crippen LogP contribution in [0.2, 0.25) is 0 Å². The monoisotopic (exact) mass is 133 g/mol. The molecular formula is C5H9NO3. The molecule has 52 valence electrons. The molecule has 0 bridgehead atoms. The highest BCUT2D eigenvalue weighted by Gasteiger charge is 2.01. The Kier molecular flexibility index (Phi) is 3.62. The topological polar surface area (TPSA) is 80.4 Å². The fourth-order valence-corrected chi connectivity index (χ4v) is 0.348. The molecule has 4 heteroatoms. The van der Waals surface area contributed by atoms with Crippen LogP contribution in [0.25, 0.3) is 0 Å². The molecule has 0 fully saturated rings. The first-order valence-electron chi connectivity index (χ1n) is 2.60. The summed E-state index contributed by atoms with van der Waals surface area (Å²) in [4.78, 5) is 20.2. The molecule has 0 aliphatic carbocycles. The van der Waals surface area contributed by atoms with Gasteiger partial charge in [0.05, 0.1) is 13.0 Å². The molecule has 0 atom stereocenters. The van der Waals surface area contributed by atoms with Crippen LogP contribution in [0.3, 0.4) is 0 Å². The van der Waals surface area contributed by atoms with E-state index in [1.165, 1.54) is 0 Å². The molecule has 0 amide bonds. The molecule has 0 aliphatic heterocycles. The van der Waals surface area contributed by atoms with Gasteiger partial charge in [0.1, 0.15) is 5.78 Å². The molecule has 0 aromatic rings. The van der Waals surface area contributed by atoms with Crippen molar-refractivity contribution in [3.8, 4) is 0 Å². The Balaban J connectivity index is 3.28. The number of hydrogen-bond donors (Lipinski definition) is 2. The van der Waals surface area contributed by atoms with Gasteiger partial charge in [0.15, 0.2) is 0 Å². The average Bonchev–Trinajstić information content (AvgIpc) is 1.83. The summed E-state index contributed by atoms with van der Waals surface area (Å²) in [7, 11) is 0. The second kappa shape index (κ2) is 4.03. The lowest BCUT2D eigenvalue weighted by Gasteiger charge is -1.90. The second-order valence-electron chi connectivity index (χ2n) is 1.64. The maximum atomic E-state index is 10.3. The number of Topliss-reactive ketones (excluding diaryl/α,β-unsaturated/α-hetero) is 1.